The quantitative estimate of drug-likeness (QED) is 0.405. The molecule has 1 saturated heterocycles. The molecule has 0 saturated carbocycles. The number of hydrogen-bond acceptors (Lipinski definition) is 8. The van der Waals surface area contributed by atoms with Crippen molar-refractivity contribution >= 4 is 11.2 Å². The molecule has 1 aliphatic heterocycles. The van der Waals surface area contributed by atoms with Crippen molar-refractivity contribution in [2.45, 2.75) is 77.1 Å². The minimum atomic E-state index is -1.42. The maximum absolute atomic E-state index is 12.6. The molecular weight excluding hydrogens is 384 g/mol. The van der Waals surface area contributed by atoms with Crippen LogP contribution >= 0.6 is 0 Å². The Morgan fingerprint density at radius 3 is 2.52 bits per heavy atom. The van der Waals surface area contributed by atoms with Gasteiger partial charge in [0.1, 0.15) is 24.1 Å². The highest BCUT2D eigenvalue weighted by Crippen LogP contribution is 2.22. The molecule has 4 N–H and O–H groups in total. The predicted octanol–water partition coefficient (Wildman–Crippen LogP) is -1.10. The summed E-state index contributed by atoms with van der Waals surface area (Å²) in [6, 6.07) is 0. The lowest BCUT2D eigenvalue weighted by Gasteiger charge is -2.18. The molecule has 0 amide bonds. The number of nitrogens with one attached hydrogen (secondary N) is 1. The number of imidazole rings is 1. The molecule has 0 radical (unpaired) electrons. The zero-order valence-corrected chi connectivity index (χ0v) is 16.6. The molecule has 2 aromatic heterocycles. The van der Waals surface area contributed by atoms with E-state index >= 15 is 0 Å². The molecular formula is C18H28N4O7. The summed E-state index contributed by atoms with van der Waals surface area (Å²) < 4.78 is 7.94. The number of nitrogens with zero attached hydrogens (tertiary/aromatic N) is 3. The lowest BCUT2D eigenvalue weighted by Crippen LogP contribution is -2.39. The topological polar surface area (TPSA) is 152 Å². The number of aryl methyl sites for hydroxylation is 2. The van der Waals surface area contributed by atoms with Gasteiger partial charge in [-0.2, -0.15) is 4.73 Å². The summed E-state index contributed by atoms with van der Waals surface area (Å²) in [5, 5.41) is 29.4. The van der Waals surface area contributed by atoms with Gasteiger partial charge in [0.25, 0.3) is 11.8 Å². The zero-order chi connectivity index (χ0) is 21.1. The Bertz CT molecular complexity index is 950. The Morgan fingerprint density at radius 1 is 1.17 bits per heavy atom. The van der Waals surface area contributed by atoms with Crippen LogP contribution in [0.2, 0.25) is 0 Å². The van der Waals surface area contributed by atoms with Crippen LogP contribution in [0.1, 0.15) is 45.4 Å². The third kappa shape index (κ3) is 4.08. The van der Waals surface area contributed by atoms with Crippen LogP contribution in [0.3, 0.4) is 0 Å². The van der Waals surface area contributed by atoms with E-state index in [4.69, 9.17) is 9.57 Å². The van der Waals surface area contributed by atoms with Gasteiger partial charge in [-0.05, 0) is 12.8 Å². The van der Waals surface area contributed by atoms with Gasteiger partial charge in [0.2, 0.25) is 0 Å². The molecule has 11 heteroatoms. The summed E-state index contributed by atoms with van der Waals surface area (Å²) in [6.45, 7) is 3.89. The van der Waals surface area contributed by atoms with Crippen molar-refractivity contribution in [3.05, 3.63) is 26.7 Å². The minimum absolute atomic E-state index is 0.0320. The van der Waals surface area contributed by atoms with Gasteiger partial charge in [-0.15, -0.1) is 0 Å². The average molecular weight is 412 g/mol. The number of aromatic nitrogens is 4. The van der Waals surface area contributed by atoms with Gasteiger partial charge in [0, 0.05) is 13.0 Å². The fourth-order valence-electron chi connectivity index (χ4n) is 3.33. The molecule has 3 heterocycles. The number of H-pyrrole nitrogens is 1. The van der Waals surface area contributed by atoms with Crippen LogP contribution in [-0.2, 0) is 17.7 Å². The molecule has 0 aromatic carbocycles. The Labute approximate surface area is 166 Å². The second kappa shape index (κ2) is 9.08. The second-order valence-corrected chi connectivity index (χ2v) is 7.17. The highest BCUT2D eigenvalue weighted by molar-refractivity contribution is 5.70. The first-order chi connectivity index (χ1) is 13.9. The molecule has 0 bridgehead atoms. The van der Waals surface area contributed by atoms with E-state index in [0.717, 1.165) is 25.7 Å². The average Bonchev–Trinajstić information content (AvgIpc) is 3.19. The van der Waals surface area contributed by atoms with Crippen molar-refractivity contribution in [1.82, 2.24) is 19.3 Å². The van der Waals surface area contributed by atoms with Crippen LogP contribution in [0.5, 0.6) is 0 Å². The Kier molecular flexibility index (Phi) is 6.73. The SMILES string of the molecule is CCCCc1nc2c(c(=O)[nH]c(=O)n2CCCC)n1OC1O[C@H](CO)[C@@H](O)[C@H]1O. The van der Waals surface area contributed by atoms with Gasteiger partial charge >= 0.3 is 5.69 Å². The van der Waals surface area contributed by atoms with E-state index in [1.54, 1.807) is 0 Å². The molecule has 0 spiro atoms. The summed E-state index contributed by atoms with van der Waals surface area (Å²) in [5.41, 5.74) is -0.982. The lowest BCUT2D eigenvalue weighted by atomic mass is 10.1. The first kappa shape index (κ1) is 21.5. The van der Waals surface area contributed by atoms with Crippen LogP contribution < -0.4 is 16.1 Å². The van der Waals surface area contributed by atoms with E-state index in [1.807, 2.05) is 13.8 Å². The number of aromatic amines is 1. The molecule has 1 aliphatic rings. The third-order valence-electron chi connectivity index (χ3n) is 5.02. The van der Waals surface area contributed by atoms with E-state index in [0.29, 0.717) is 18.8 Å². The number of aliphatic hydroxyl groups excluding tert-OH is 3. The number of ether oxygens (including phenoxy) is 1. The highest BCUT2D eigenvalue weighted by Gasteiger charge is 2.45. The maximum Gasteiger partial charge on any atom is 0.330 e. The van der Waals surface area contributed by atoms with E-state index in [2.05, 4.69) is 9.97 Å². The monoisotopic (exact) mass is 412 g/mol. The fraction of sp³-hybridized carbons (Fsp3) is 0.722. The van der Waals surface area contributed by atoms with Crippen molar-refractivity contribution in [1.29, 1.82) is 0 Å². The molecule has 0 aliphatic carbocycles. The van der Waals surface area contributed by atoms with Gasteiger partial charge in [-0.1, -0.05) is 26.7 Å². The highest BCUT2D eigenvalue weighted by atomic mass is 16.8. The smallest absolute Gasteiger partial charge is 0.330 e. The third-order valence-corrected chi connectivity index (χ3v) is 5.02. The van der Waals surface area contributed by atoms with Crippen LogP contribution in [0.15, 0.2) is 9.59 Å². The second-order valence-electron chi connectivity index (χ2n) is 7.17. The van der Waals surface area contributed by atoms with Gasteiger partial charge in [-0.3, -0.25) is 14.3 Å². The number of unbranched alkanes of at least 4 members (excludes halogenated alkanes) is 2. The maximum atomic E-state index is 12.6. The van der Waals surface area contributed by atoms with Gasteiger partial charge < -0.3 is 24.9 Å². The summed E-state index contributed by atoms with van der Waals surface area (Å²) >= 11 is 0. The molecule has 29 heavy (non-hydrogen) atoms. The molecule has 11 nitrogen and oxygen atoms in total. The number of rotatable bonds is 9. The van der Waals surface area contributed by atoms with Crippen molar-refractivity contribution in [2.75, 3.05) is 6.61 Å². The summed E-state index contributed by atoms with van der Waals surface area (Å²) in [6.07, 6.45) is -1.38. The minimum Gasteiger partial charge on any atom is -0.394 e. The normalized spacial score (nSPS) is 24.4. The van der Waals surface area contributed by atoms with Gasteiger partial charge in [-0.25, -0.2) is 9.78 Å². The van der Waals surface area contributed by atoms with Crippen molar-refractivity contribution < 1.29 is 24.9 Å². The van der Waals surface area contributed by atoms with E-state index in [-0.39, 0.29) is 11.2 Å². The van der Waals surface area contributed by atoms with E-state index in [1.165, 1.54) is 9.30 Å². The van der Waals surface area contributed by atoms with Crippen LogP contribution in [0.4, 0.5) is 0 Å². The first-order valence-corrected chi connectivity index (χ1v) is 9.96. The summed E-state index contributed by atoms with van der Waals surface area (Å²) in [5.74, 6) is 0.404. The van der Waals surface area contributed by atoms with Crippen LogP contribution in [0.25, 0.3) is 11.2 Å². The summed E-state index contributed by atoms with van der Waals surface area (Å²) in [7, 11) is 0. The van der Waals surface area contributed by atoms with Crippen LogP contribution in [-0.4, -0.2) is 65.8 Å². The number of aliphatic hydroxyl groups is 3. The molecule has 4 atom stereocenters. The first-order valence-electron chi connectivity index (χ1n) is 9.96. The van der Waals surface area contributed by atoms with Crippen molar-refractivity contribution in [3.63, 3.8) is 0 Å². The molecule has 2 aromatic rings. The Balaban J connectivity index is 2.09. The fourth-order valence-corrected chi connectivity index (χ4v) is 3.33. The summed E-state index contributed by atoms with van der Waals surface area (Å²) in [4.78, 5) is 37.4. The number of fused-ring (bicyclic) bond motifs is 1. The predicted molar refractivity (Wildman–Crippen MR) is 102 cm³/mol. The van der Waals surface area contributed by atoms with Gasteiger partial charge in [0.15, 0.2) is 11.2 Å². The zero-order valence-electron chi connectivity index (χ0n) is 16.6. The molecule has 1 fully saturated rings. The number of hydrogen-bond donors (Lipinski definition) is 4. The van der Waals surface area contributed by atoms with Gasteiger partial charge in [0.05, 0.1) is 6.61 Å². The van der Waals surface area contributed by atoms with E-state index < -0.39 is 42.5 Å². The molecule has 3 rings (SSSR count). The Morgan fingerprint density at radius 2 is 1.90 bits per heavy atom. The Hall–Kier alpha value is -2.21. The van der Waals surface area contributed by atoms with Crippen LogP contribution in [0, 0.1) is 0 Å². The lowest BCUT2D eigenvalue weighted by molar-refractivity contribution is -0.170. The van der Waals surface area contributed by atoms with Crippen molar-refractivity contribution in [2.24, 2.45) is 0 Å². The largest absolute Gasteiger partial charge is 0.394 e. The van der Waals surface area contributed by atoms with Crippen molar-refractivity contribution in [3.8, 4) is 0 Å². The molecule has 1 unspecified atom stereocenters. The standard InChI is InChI=1S/C18H28N4O7/c1-3-5-7-11-19-15-12(16(26)20-18(27)21(15)8-6-4-2)22(11)29-17-14(25)13(24)10(9-23)28-17/h10,13-14,17,23-25H,3-9H2,1-2H3,(H,20,26,27)/t10-,13-,14-,17?/m1/s1. The molecule has 162 valence electrons. The van der Waals surface area contributed by atoms with E-state index in [9.17, 15) is 24.9 Å².